The summed E-state index contributed by atoms with van der Waals surface area (Å²) in [6, 6.07) is 4.52. The number of phosphoric ester groups is 1. The van der Waals surface area contributed by atoms with Crippen LogP contribution >= 0.6 is 19.4 Å². The zero-order valence-corrected chi connectivity index (χ0v) is 19.1. The van der Waals surface area contributed by atoms with E-state index in [9.17, 15) is 18.9 Å². The molecular formula is C20H22ClN2O8P. The van der Waals surface area contributed by atoms with Gasteiger partial charge >= 0.3 is 19.5 Å². The van der Waals surface area contributed by atoms with Gasteiger partial charge in [-0.2, -0.15) is 0 Å². The van der Waals surface area contributed by atoms with Crippen LogP contribution in [0, 0.1) is 12.8 Å². The molecule has 10 nitrogen and oxygen atoms in total. The fraction of sp³-hybridized carbons (Fsp3) is 0.450. The molecule has 0 spiro atoms. The fourth-order valence-electron chi connectivity index (χ4n) is 3.97. The molecule has 4 rings (SSSR count). The summed E-state index contributed by atoms with van der Waals surface area (Å²) < 4.78 is 36.1. The van der Waals surface area contributed by atoms with Crippen molar-refractivity contribution in [2.24, 2.45) is 5.92 Å². The van der Waals surface area contributed by atoms with Gasteiger partial charge in [0.2, 0.25) is 0 Å². The van der Waals surface area contributed by atoms with Gasteiger partial charge in [-0.05, 0) is 31.5 Å². The Morgan fingerprint density at radius 3 is 2.88 bits per heavy atom. The first-order valence-corrected chi connectivity index (χ1v) is 11.8. The van der Waals surface area contributed by atoms with Crippen LogP contribution < -0.4 is 15.8 Å². The van der Waals surface area contributed by atoms with E-state index in [1.165, 1.54) is 17.7 Å². The lowest BCUT2D eigenvalue weighted by Gasteiger charge is -2.26. The number of aryl methyl sites for hydroxylation is 1. The molecule has 0 bridgehead atoms. The Bertz CT molecular complexity index is 1210. The Morgan fingerprint density at radius 2 is 2.12 bits per heavy atom. The SMILES string of the molecule is CC(=O)O[C@H]1C[C@H](n2cc(C)c(=O)[nH]c2=O)C[C@@H]1COP1(=O)OCc2cc(Cl)ccc2O1. The lowest BCUT2D eigenvalue weighted by atomic mass is 10.1. The molecule has 2 aromatic rings. The molecule has 1 fully saturated rings. The van der Waals surface area contributed by atoms with Gasteiger partial charge in [0.1, 0.15) is 11.9 Å². The predicted octanol–water partition coefficient (Wildman–Crippen LogP) is 3.12. The maximum Gasteiger partial charge on any atom is 0.530 e. The minimum absolute atomic E-state index is 0.0138. The lowest BCUT2D eigenvalue weighted by Crippen LogP contribution is -2.32. The zero-order chi connectivity index (χ0) is 23.0. The molecule has 1 unspecified atom stereocenters. The van der Waals surface area contributed by atoms with Gasteiger partial charge in [0.25, 0.3) is 5.56 Å². The number of phosphoric acid groups is 1. The van der Waals surface area contributed by atoms with Crippen LogP contribution in [0.3, 0.4) is 0 Å². The van der Waals surface area contributed by atoms with Crippen LogP contribution in [0.5, 0.6) is 5.75 Å². The van der Waals surface area contributed by atoms with E-state index in [0.717, 1.165) is 0 Å². The number of halogens is 1. The molecule has 2 aliphatic rings. The van der Waals surface area contributed by atoms with Crippen LogP contribution in [0.25, 0.3) is 0 Å². The van der Waals surface area contributed by atoms with Gasteiger partial charge in [0.05, 0.1) is 13.2 Å². The predicted molar refractivity (Wildman–Crippen MR) is 114 cm³/mol. The summed E-state index contributed by atoms with van der Waals surface area (Å²) in [5, 5.41) is 0.502. The summed E-state index contributed by atoms with van der Waals surface area (Å²) in [5.41, 5.74) is 0.0438. The summed E-state index contributed by atoms with van der Waals surface area (Å²) >= 11 is 5.95. The van der Waals surface area contributed by atoms with Gasteiger partial charge in [-0.25, -0.2) is 9.36 Å². The van der Waals surface area contributed by atoms with Crippen LogP contribution in [0.1, 0.15) is 36.9 Å². The smallest absolute Gasteiger partial charge is 0.462 e. The number of ether oxygens (including phenoxy) is 1. The first-order valence-electron chi connectivity index (χ1n) is 10.00. The van der Waals surface area contributed by atoms with Crippen molar-refractivity contribution in [2.75, 3.05) is 6.61 Å². The Balaban J connectivity index is 1.49. The van der Waals surface area contributed by atoms with E-state index >= 15 is 0 Å². The minimum Gasteiger partial charge on any atom is -0.462 e. The van der Waals surface area contributed by atoms with Crippen molar-refractivity contribution in [1.82, 2.24) is 9.55 Å². The molecule has 32 heavy (non-hydrogen) atoms. The van der Waals surface area contributed by atoms with E-state index in [4.69, 9.17) is 29.9 Å². The standard InChI is InChI=1S/C20H22ClN2O8P/c1-11-8-23(20(26)22-19(11)25)16-6-14(18(7-16)30-12(2)24)10-29-32(27)28-9-13-5-15(21)3-4-17(13)31-32/h3-5,8,14,16,18H,6-7,9-10H2,1-2H3,(H,22,25,26)/t14-,16-,18+,32?/m1/s1. The number of aromatic amines is 1. The second-order valence-electron chi connectivity index (χ2n) is 7.87. The maximum absolute atomic E-state index is 13.0. The summed E-state index contributed by atoms with van der Waals surface area (Å²) in [7, 11) is -3.89. The fourth-order valence-corrected chi connectivity index (χ4v) is 5.44. The molecule has 1 N–H and O–H groups in total. The monoisotopic (exact) mass is 484 g/mol. The highest BCUT2D eigenvalue weighted by atomic mass is 35.5. The number of aromatic nitrogens is 2. The topological polar surface area (TPSA) is 126 Å². The number of hydrogen-bond donors (Lipinski definition) is 1. The van der Waals surface area contributed by atoms with Gasteiger partial charge in [0.15, 0.2) is 0 Å². The van der Waals surface area contributed by atoms with E-state index in [-0.39, 0.29) is 25.2 Å². The van der Waals surface area contributed by atoms with Crippen LogP contribution in [0.15, 0.2) is 34.0 Å². The molecule has 1 aromatic carbocycles. The number of benzene rings is 1. The third kappa shape index (κ3) is 4.83. The van der Waals surface area contributed by atoms with Crippen molar-refractivity contribution < 1.29 is 27.7 Å². The minimum atomic E-state index is -3.89. The van der Waals surface area contributed by atoms with E-state index in [1.807, 2.05) is 0 Å². The van der Waals surface area contributed by atoms with Crippen LogP contribution in [0.4, 0.5) is 0 Å². The van der Waals surface area contributed by atoms with E-state index < -0.39 is 31.1 Å². The number of H-pyrrole nitrogens is 1. The van der Waals surface area contributed by atoms with Gasteiger partial charge in [0, 0.05) is 47.7 Å². The third-order valence-electron chi connectivity index (χ3n) is 5.52. The number of nitrogens with one attached hydrogen (secondary N) is 1. The normalized spacial score (nSPS) is 26.9. The number of hydrogen-bond acceptors (Lipinski definition) is 8. The highest BCUT2D eigenvalue weighted by molar-refractivity contribution is 7.49. The van der Waals surface area contributed by atoms with Crippen molar-refractivity contribution in [3.63, 3.8) is 0 Å². The van der Waals surface area contributed by atoms with Crippen molar-refractivity contribution in [2.45, 2.75) is 45.4 Å². The second kappa shape index (κ2) is 8.86. The highest BCUT2D eigenvalue weighted by Gasteiger charge is 2.41. The summed E-state index contributed by atoms with van der Waals surface area (Å²) in [4.78, 5) is 37.8. The number of esters is 1. The Labute approximate surface area is 188 Å². The number of carbonyl (C=O) groups excluding carboxylic acids is 1. The van der Waals surface area contributed by atoms with E-state index in [0.29, 0.717) is 34.7 Å². The van der Waals surface area contributed by atoms with Gasteiger partial charge in [-0.15, -0.1) is 0 Å². The molecule has 1 aliphatic heterocycles. The van der Waals surface area contributed by atoms with Crippen molar-refractivity contribution in [3.05, 3.63) is 61.4 Å². The quantitative estimate of drug-likeness (QED) is 0.506. The average Bonchev–Trinajstić information content (AvgIpc) is 3.11. The molecule has 2 heterocycles. The van der Waals surface area contributed by atoms with Crippen molar-refractivity contribution in [1.29, 1.82) is 0 Å². The Kier molecular flexibility index (Phi) is 6.31. The largest absolute Gasteiger partial charge is 0.530 e. The van der Waals surface area contributed by atoms with Gasteiger partial charge < -0.3 is 9.26 Å². The molecule has 1 saturated carbocycles. The Morgan fingerprint density at radius 1 is 1.34 bits per heavy atom. The van der Waals surface area contributed by atoms with Crippen molar-refractivity contribution in [3.8, 4) is 5.75 Å². The molecule has 0 saturated heterocycles. The van der Waals surface area contributed by atoms with Gasteiger partial charge in [-0.3, -0.25) is 28.2 Å². The number of fused-ring (bicyclic) bond motifs is 1. The molecular weight excluding hydrogens is 463 g/mol. The van der Waals surface area contributed by atoms with Crippen LogP contribution in [-0.2, 0) is 29.8 Å². The summed E-state index contributed by atoms with van der Waals surface area (Å²) in [5.74, 6) is -0.485. The summed E-state index contributed by atoms with van der Waals surface area (Å²) in [6.45, 7) is 2.83. The molecule has 0 amide bonds. The molecule has 0 radical (unpaired) electrons. The van der Waals surface area contributed by atoms with E-state index in [2.05, 4.69) is 4.98 Å². The lowest BCUT2D eigenvalue weighted by molar-refractivity contribution is -0.148. The third-order valence-corrected chi connectivity index (χ3v) is 7.09. The maximum atomic E-state index is 13.0. The number of nitrogens with zero attached hydrogens (tertiary/aromatic N) is 1. The molecule has 12 heteroatoms. The van der Waals surface area contributed by atoms with Gasteiger partial charge in [-0.1, -0.05) is 11.6 Å². The Hall–Kier alpha value is -2.39. The highest BCUT2D eigenvalue weighted by Crippen LogP contribution is 2.55. The first-order chi connectivity index (χ1) is 15.1. The summed E-state index contributed by atoms with van der Waals surface area (Å²) in [6.07, 6.45) is 1.65. The first kappa shape index (κ1) is 22.8. The second-order valence-corrected chi connectivity index (χ2v) is 9.90. The molecule has 172 valence electrons. The zero-order valence-electron chi connectivity index (χ0n) is 17.4. The molecule has 1 aliphatic carbocycles. The van der Waals surface area contributed by atoms with E-state index in [1.54, 1.807) is 25.1 Å². The average molecular weight is 485 g/mol. The van der Waals surface area contributed by atoms with Crippen molar-refractivity contribution >= 4 is 25.4 Å². The number of rotatable bonds is 5. The molecule has 4 atom stereocenters. The van der Waals surface area contributed by atoms with Crippen LogP contribution in [0.2, 0.25) is 5.02 Å². The van der Waals surface area contributed by atoms with Crippen LogP contribution in [-0.4, -0.2) is 28.2 Å². The number of carbonyl (C=O) groups is 1. The molecule has 1 aromatic heterocycles.